The molecule has 2 unspecified atom stereocenters. The summed E-state index contributed by atoms with van der Waals surface area (Å²) in [6.45, 7) is 10.9. The quantitative estimate of drug-likeness (QED) is 0.369. The summed E-state index contributed by atoms with van der Waals surface area (Å²) in [5, 5.41) is 0. The maximum atomic E-state index is 3.94. The Morgan fingerprint density at radius 2 is 2.00 bits per heavy atom. The number of hydrogen-bond acceptors (Lipinski definition) is 0. The molecule has 0 saturated carbocycles. The fraction of sp³-hybridized carbons (Fsp3) is 0.333. The molecule has 0 N–H and O–H groups in total. The summed E-state index contributed by atoms with van der Waals surface area (Å²) in [5.74, 6) is 0.429. The highest BCUT2D eigenvalue weighted by molar-refractivity contribution is 5.82. The van der Waals surface area contributed by atoms with Gasteiger partial charge < -0.3 is 0 Å². The summed E-state index contributed by atoms with van der Waals surface area (Å²) in [4.78, 5) is 0. The normalized spacial score (nSPS) is 19.4. The van der Waals surface area contributed by atoms with Crippen molar-refractivity contribution in [3.8, 4) is 11.1 Å². The van der Waals surface area contributed by atoms with Crippen LogP contribution in [0.2, 0.25) is 0 Å². The van der Waals surface area contributed by atoms with Gasteiger partial charge in [-0.25, -0.2) is 0 Å². The maximum Gasteiger partial charge on any atom is 0.0193 e. The molecule has 2 atom stereocenters. The Kier molecular flexibility index (Phi) is 4.68. The van der Waals surface area contributed by atoms with Gasteiger partial charge in [0.15, 0.2) is 0 Å². The molecular formula is C27H30. The van der Waals surface area contributed by atoms with E-state index in [9.17, 15) is 0 Å². The average Bonchev–Trinajstić information content (AvgIpc) is 3.28. The Labute approximate surface area is 164 Å². The van der Waals surface area contributed by atoms with Crippen molar-refractivity contribution in [3.05, 3.63) is 95.1 Å². The van der Waals surface area contributed by atoms with Gasteiger partial charge in [0.1, 0.15) is 0 Å². The van der Waals surface area contributed by atoms with Crippen molar-refractivity contribution in [2.24, 2.45) is 5.41 Å². The number of aryl methyl sites for hydroxylation is 2. The lowest BCUT2D eigenvalue weighted by Crippen LogP contribution is -2.27. The molecule has 2 aromatic carbocycles. The van der Waals surface area contributed by atoms with Gasteiger partial charge in [-0.3, -0.25) is 0 Å². The fourth-order valence-corrected chi connectivity index (χ4v) is 5.28. The Morgan fingerprint density at radius 1 is 1.15 bits per heavy atom. The smallest absolute Gasteiger partial charge is 0.0193 e. The first kappa shape index (κ1) is 18.0. The molecule has 0 spiro atoms. The molecule has 0 saturated heterocycles. The molecule has 2 aliphatic rings. The number of rotatable bonds is 6. The zero-order valence-electron chi connectivity index (χ0n) is 16.9. The van der Waals surface area contributed by atoms with Crippen molar-refractivity contribution in [2.45, 2.75) is 52.4 Å². The van der Waals surface area contributed by atoms with Crippen LogP contribution >= 0.6 is 0 Å². The SMILES string of the molecule is C=CCCCC(C)(C1=CC=CC1)C1c2cc(C)ccc2-c2c(C)cccc21. The predicted molar refractivity (Wildman–Crippen MR) is 117 cm³/mol. The van der Waals surface area contributed by atoms with E-state index < -0.39 is 0 Å². The summed E-state index contributed by atoms with van der Waals surface area (Å²) >= 11 is 0. The van der Waals surface area contributed by atoms with E-state index in [-0.39, 0.29) is 5.41 Å². The minimum absolute atomic E-state index is 0.133. The van der Waals surface area contributed by atoms with Crippen LogP contribution in [0.3, 0.4) is 0 Å². The van der Waals surface area contributed by atoms with Crippen LogP contribution in [0.25, 0.3) is 11.1 Å². The third-order valence-electron chi connectivity index (χ3n) is 6.65. The van der Waals surface area contributed by atoms with Gasteiger partial charge in [-0.2, -0.15) is 0 Å². The Hall–Kier alpha value is -2.34. The van der Waals surface area contributed by atoms with E-state index in [1.54, 1.807) is 5.57 Å². The van der Waals surface area contributed by atoms with Gasteiger partial charge in [0.25, 0.3) is 0 Å². The second kappa shape index (κ2) is 7.00. The first-order valence-electron chi connectivity index (χ1n) is 10.2. The van der Waals surface area contributed by atoms with E-state index in [2.05, 4.69) is 88.1 Å². The standard InChI is InChI=1S/C27H30/c1-5-6-9-17-27(4,21-12-7-8-13-21)26-23-14-10-11-20(3)25(23)22-16-15-19(2)18-24(22)26/h5,7-8,10-12,14-16,18,26H,1,6,9,13,17H2,2-4H3. The molecule has 0 aromatic heterocycles. The largest absolute Gasteiger partial charge is 0.103 e. The summed E-state index contributed by atoms with van der Waals surface area (Å²) in [5.41, 5.74) is 10.4. The van der Waals surface area contributed by atoms with E-state index in [0.717, 1.165) is 12.8 Å². The van der Waals surface area contributed by atoms with Crippen LogP contribution in [-0.2, 0) is 0 Å². The van der Waals surface area contributed by atoms with Gasteiger partial charge in [-0.1, -0.05) is 78.8 Å². The number of benzene rings is 2. The number of allylic oxidation sites excluding steroid dienone is 5. The molecule has 0 radical (unpaired) electrons. The van der Waals surface area contributed by atoms with Gasteiger partial charge in [0, 0.05) is 5.92 Å². The van der Waals surface area contributed by atoms with Gasteiger partial charge in [0.2, 0.25) is 0 Å². The molecule has 0 aliphatic heterocycles. The molecule has 4 rings (SSSR count). The van der Waals surface area contributed by atoms with Crippen molar-refractivity contribution >= 4 is 0 Å². The van der Waals surface area contributed by atoms with E-state index in [1.165, 1.54) is 46.2 Å². The van der Waals surface area contributed by atoms with E-state index >= 15 is 0 Å². The molecule has 0 fully saturated rings. The fourth-order valence-electron chi connectivity index (χ4n) is 5.28. The lowest BCUT2D eigenvalue weighted by molar-refractivity contribution is 0.311. The molecule has 2 aromatic rings. The summed E-state index contributed by atoms with van der Waals surface area (Å²) < 4.78 is 0. The molecule has 27 heavy (non-hydrogen) atoms. The zero-order valence-corrected chi connectivity index (χ0v) is 16.9. The monoisotopic (exact) mass is 354 g/mol. The average molecular weight is 355 g/mol. The first-order chi connectivity index (χ1) is 13.1. The zero-order chi connectivity index (χ0) is 19.0. The van der Waals surface area contributed by atoms with Crippen LogP contribution in [0.15, 0.2) is 72.9 Å². The van der Waals surface area contributed by atoms with Crippen molar-refractivity contribution in [3.63, 3.8) is 0 Å². The van der Waals surface area contributed by atoms with Crippen molar-refractivity contribution < 1.29 is 0 Å². The number of unbranched alkanes of at least 4 members (excludes halogenated alkanes) is 1. The highest BCUT2D eigenvalue weighted by atomic mass is 14.5. The Morgan fingerprint density at radius 3 is 2.74 bits per heavy atom. The van der Waals surface area contributed by atoms with Crippen LogP contribution in [-0.4, -0.2) is 0 Å². The summed E-state index contributed by atoms with van der Waals surface area (Å²) in [6.07, 6.45) is 13.5. The third-order valence-corrected chi connectivity index (χ3v) is 6.65. The summed E-state index contributed by atoms with van der Waals surface area (Å²) in [6, 6.07) is 13.9. The predicted octanol–water partition coefficient (Wildman–Crippen LogP) is 7.66. The second-order valence-corrected chi connectivity index (χ2v) is 8.49. The lowest BCUT2D eigenvalue weighted by atomic mass is 9.64. The van der Waals surface area contributed by atoms with Crippen LogP contribution in [0.1, 0.15) is 60.8 Å². The van der Waals surface area contributed by atoms with Crippen LogP contribution < -0.4 is 0 Å². The van der Waals surface area contributed by atoms with Crippen LogP contribution in [0.5, 0.6) is 0 Å². The Balaban J connectivity index is 1.91. The Bertz CT molecular complexity index is 941. The third kappa shape index (κ3) is 2.92. The molecule has 2 aliphatic carbocycles. The molecule has 0 nitrogen and oxygen atoms in total. The lowest BCUT2D eigenvalue weighted by Gasteiger charge is -2.39. The van der Waals surface area contributed by atoms with Crippen molar-refractivity contribution in [2.75, 3.05) is 0 Å². The highest BCUT2D eigenvalue weighted by Gasteiger charge is 2.44. The van der Waals surface area contributed by atoms with Gasteiger partial charge >= 0.3 is 0 Å². The van der Waals surface area contributed by atoms with Crippen LogP contribution in [0, 0.1) is 19.3 Å². The molecule has 138 valence electrons. The van der Waals surface area contributed by atoms with Crippen molar-refractivity contribution in [1.29, 1.82) is 0 Å². The number of hydrogen-bond donors (Lipinski definition) is 0. The van der Waals surface area contributed by atoms with Gasteiger partial charge in [0.05, 0.1) is 0 Å². The van der Waals surface area contributed by atoms with Gasteiger partial charge in [-0.05, 0) is 72.8 Å². The van der Waals surface area contributed by atoms with E-state index in [4.69, 9.17) is 0 Å². The highest BCUT2D eigenvalue weighted by Crippen LogP contribution is 2.58. The van der Waals surface area contributed by atoms with E-state index in [1.807, 2.05) is 0 Å². The summed E-state index contributed by atoms with van der Waals surface area (Å²) in [7, 11) is 0. The topological polar surface area (TPSA) is 0 Å². The van der Waals surface area contributed by atoms with Gasteiger partial charge in [-0.15, -0.1) is 6.58 Å². The number of fused-ring (bicyclic) bond motifs is 3. The maximum absolute atomic E-state index is 3.94. The first-order valence-corrected chi connectivity index (χ1v) is 10.2. The van der Waals surface area contributed by atoms with Crippen LogP contribution in [0.4, 0.5) is 0 Å². The molecule has 0 heteroatoms. The molecular weight excluding hydrogens is 324 g/mol. The molecule has 0 bridgehead atoms. The second-order valence-electron chi connectivity index (χ2n) is 8.49. The van der Waals surface area contributed by atoms with Crippen molar-refractivity contribution in [1.82, 2.24) is 0 Å². The molecule has 0 amide bonds. The molecule has 0 heterocycles. The minimum Gasteiger partial charge on any atom is -0.103 e. The minimum atomic E-state index is 0.133. The van der Waals surface area contributed by atoms with E-state index in [0.29, 0.717) is 5.92 Å².